The molecular weight excluding hydrogens is 877 g/mol. The van der Waals surface area contributed by atoms with Crippen molar-refractivity contribution in [2.45, 2.75) is 297 Å². The molecule has 6 heteroatoms. The summed E-state index contributed by atoms with van der Waals surface area (Å²) in [6, 6.07) is 0. The molecule has 0 amide bonds. The third kappa shape index (κ3) is 57.4. The Morgan fingerprint density at radius 2 is 0.563 bits per heavy atom. The summed E-state index contributed by atoms with van der Waals surface area (Å²) in [7, 11) is 0. The van der Waals surface area contributed by atoms with Crippen molar-refractivity contribution in [3.8, 4) is 0 Å². The van der Waals surface area contributed by atoms with Crippen LogP contribution in [0, 0.1) is 0 Å². The van der Waals surface area contributed by atoms with Crippen molar-refractivity contribution in [1.29, 1.82) is 0 Å². The number of carbonyl (C=O) groups is 3. The molecule has 1 unspecified atom stereocenters. The lowest BCUT2D eigenvalue weighted by Crippen LogP contribution is -2.30. The highest BCUT2D eigenvalue weighted by molar-refractivity contribution is 5.71. The molecule has 0 saturated heterocycles. The highest BCUT2D eigenvalue weighted by atomic mass is 16.6. The van der Waals surface area contributed by atoms with E-state index in [1.165, 1.54) is 116 Å². The molecule has 0 aromatic carbocycles. The van der Waals surface area contributed by atoms with Gasteiger partial charge in [-0.25, -0.2) is 0 Å². The molecule has 71 heavy (non-hydrogen) atoms. The molecule has 408 valence electrons. The normalized spacial score (nSPS) is 12.7. The summed E-state index contributed by atoms with van der Waals surface area (Å²) in [6.45, 7) is 6.48. The van der Waals surface area contributed by atoms with Crippen molar-refractivity contribution >= 4 is 17.9 Å². The van der Waals surface area contributed by atoms with Crippen molar-refractivity contribution in [2.24, 2.45) is 0 Å². The molecule has 0 aliphatic heterocycles. The van der Waals surface area contributed by atoms with Gasteiger partial charge in [-0.1, -0.05) is 266 Å². The molecule has 0 bridgehead atoms. The Morgan fingerprint density at radius 3 is 0.901 bits per heavy atom. The number of unbranched alkanes of at least 4 members (excludes halogenated alkanes) is 29. The van der Waals surface area contributed by atoms with E-state index in [0.29, 0.717) is 19.3 Å². The van der Waals surface area contributed by atoms with Gasteiger partial charge in [0.2, 0.25) is 0 Å². The van der Waals surface area contributed by atoms with Crippen molar-refractivity contribution < 1.29 is 28.6 Å². The van der Waals surface area contributed by atoms with E-state index < -0.39 is 6.10 Å². The Bertz CT molecular complexity index is 1370. The summed E-state index contributed by atoms with van der Waals surface area (Å²) in [4.78, 5) is 38.2. The van der Waals surface area contributed by atoms with Crippen LogP contribution in [0.25, 0.3) is 0 Å². The van der Waals surface area contributed by atoms with Gasteiger partial charge in [-0.2, -0.15) is 0 Å². The van der Waals surface area contributed by atoms with Gasteiger partial charge in [0.15, 0.2) is 6.10 Å². The molecule has 0 aromatic rings. The van der Waals surface area contributed by atoms with Crippen LogP contribution in [0.5, 0.6) is 0 Å². The maximum absolute atomic E-state index is 12.9. The molecule has 0 aromatic heterocycles. The number of ether oxygens (including phenoxy) is 3. The van der Waals surface area contributed by atoms with Crippen LogP contribution < -0.4 is 0 Å². The van der Waals surface area contributed by atoms with E-state index in [1.807, 2.05) is 0 Å². The van der Waals surface area contributed by atoms with Gasteiger partial charge in [0.05, 0.1) is 0 Å². The Labute approximate surface area is 439 Å². The van der Waals surface area contributed by atoms with Gasteiger partial charge >= 0.3 is 17.9 Å². The molecule has 0 spiro atoms. The van der Waals surface area contributed by atoms with E-state index in [-0.39, 0.29) is 31.1 Å². The molecule has 6 nitrogen and oxygen atoms in total. The molecule has 0 fully saturated rings. The second-order valence-electron chi connectivity index (χ2n) is 19.9. The fraction of sp³-hybridized carbons (Fsp3) is 0.738. The highest BCUT2D eigenvalue weighted by Crippen LogP contribution is 2.16. The minimum Gasteiger partial charge on any atom is -0.462 e. The standard InChI is InChI=1S/C65H112O6/c1-4-7-10-13-16-19-22-25-28-30-32-33-34-36-37-40-43-46-49-52-55-58-64(67)70-61-62(60-69-63(66)57-54-51-48-45-42-39-27-24-21-18-15-12-9-6-3)71-65(68)59-56-53-50-47-44-41-38-35-31-29-26-23-20-17-14-11-8-5-2/h7,10,15-16,18-19,24-25,27-28,32-33,36-37,62H,4-6,8-9,11-14,17,20-23,26,29-31,34-35,38-61H2,1-3H3/b10-7-,18-15-,19-16-,27-24-,28-25-,33-32-,37-36-. The SMILES string of the molecule is CC/C=C\C/C=C\C/C=C\C/C=C\C/C=C\CCCCCCCC(=O)OCC(COC(=O)CCCCCCC/C=C\C/C=C\CCCC)OC(=O)CCCCCCCCCCCCCCCCCCCC. The summed E-state index contributed by atoms with van der Waals surface area (Å²) in [5.41, 5.74) is 0. The summed E-state index contributed by atoms with van der Waals surface area (Å²) in [5, 5.41) is 0. The third-order valence-electron chi connectivity index (χ3n) is 12.9. The van der Waals surface area contributed by atoms with Gasteiger partial charge in [0.25, 0.3) is 0 Å². The Balaban J connectivity index is 4.41. The van der Waals surface area contributed by atoms with Gasteiger partial charge in [-0.3, -0.25) is 14.4 Å². The third-order valence-corrected chi connectivity index (χ3v) is 12.9. The second-order valence-corrected chi connectivity index (χ2v) is 19.9. The Morgan fingerprint density at radius 1 is 0.296 bits per heavy atom. The predicted octanol–water partition coefficient (Wildman–Crippen LogP) is 20.3. The van der Waals surface area contributed by atoms with E-state index in [1.54, 1.807) is 0 Å². The molecule has 0 saturated carbocycles. The van der Waals surface area contributed by atoms with Gasteiger partial charge in [-0.05, 0) is 89.9 Å². The van der Waals surface area contributed by atoms with Crippen molar-refractivity contribution in [2.75, 3.05) is 13.2 Å². The first-order chi connectivity index (χ1) is 35.0. The van der Waals surface area contributed by atoms with Gasteiger partial charge < -0.3 is 14.2 Å². The molecule has 0 rings (SSSR count). The van der Waals surface area contributed by atoms with E-state index >= 15 is 0 Å². The first-order valence-corrected chi connectivity index (χ1v) is 30.1. The Hall–Kier alpha value is -3.41. The van der Waals surface area contributed by atoms with Crippen LogP contribution >= 0.6 is 0 Å². The molecule has 1 atom stereocenters. The monoisotopic (exact) mass is 989 g/mol. The zero-order valence-electron chi connectivity index (χ0n) is 46.7. The van der Waals surface area contributed by atoms with E-state index in [9.17, 15) is 14.4 Å². The number of hydrogen-bond donors (Lipinski definition) is 0. The first-order valence-electron chi connectivity index (χ1n) is 30.1. The van der Waals surface area contributed by atoms with Crippen molar-refractivity contribution in [3.63, 3.8) is 0 Å². The minimum absolute atomic E-state index is 0.0883. The predicted molar refractivity (Wildman–Crippen MR) is 307 cm³/mol. The quantitative estimate of drug-likeness (QED) is 0.0261. The average Bonchev–Trinajstić information content (AvgIpc) is 3.37. The lowest BCUT2D eigenvalue weighted by atomic mass is 10.0. The number of carbonyl (C=O) groups excluding carboxylic acids is 3. The maximum Gasteiger partial charge on any atom is 0.306 e. The topological polar surface area (TPSA) is 78.9 Å². The number of esters is 3. The van der Waals surface area contributed by atoms with Crippen LogP contribution in [-0.4, -0.2) is 37.2 Å². The molecule has 0 aliphatic rings. The van der Waals surface area contributed by atoms with Crippen LogP contribution in [0.2, 0.25) is 0 Å². The van der Waals surface area contributed by atoms with Crippen LogP contribution in [-0.2, 0) is 28.6 Å². The van der Waals surface area contributed by atoms with Crippen LogP contribution in [0.1, 0.15) is 290 Å². The summed E-state index contributed by atoms with van der Waals surface area (Å²) in [6.07, 6.45) is 77.2. The second kappa shape index (κ2) is 59.2. The molecular formula is C65H112O6. The summed E-state index contributed by atoms with van der Waals surface area (Å²) >= 11 is 0. The molecule has 0 N–H and O–H groups in total. The van der Waals surface area contributed by atoms with E-state index in [2.05, 4.69) is 106 Å². The van der Waals surface area contributed by atoms with Crippen molar-refractivity contribution in [3.05, 3.63) is 85.1 Å². The fourth-order valence-electron chi connectivity index (χ4n) is 8.37. The van der Waals surface area contributed by atoms with Crippen LogP contribution in [0.4, 0.5) is 0 Å². The van der Waals surface area contributed by atoms with E-state index in [0.717, 1.165) is 135 Å². The number of rotatable bonds is 54. The summed E-state index contributed by atoms with van der Waals surface area (Å²) < 4.78 is 16.9. The number of allylic oxidation sites excluding steroid dienone is 14. The minimum atomic E-state index is -0.790. The van der Waals surface area contributed by atoms with Gasteiger partial charge in [0.1, 0.15) is 13.2 Å². The number of hydrogen-bond acceptors (Lipinski definition) is 6. The smallest absolute Gasteiger partial charge is 0.306 e. The molecule has 0 radical (unpaired) electrons. The average molecular weight is 990 g/mol. The zero-order chi connectivity index (χ0) is 51.4. The van der Waals surface area contributed by atoms with Crippen molar-refractivity contribution in [1.82, 2.24) is 0 Å². The van der Waals surface area contributed by atoms with Crippen LogP contribution in [0.15, 0.2) is 85.1 Å². The first kappa shape index (κ1) is 67.6. The molecule has 0 aliphatic carbocycles. The highest BCUT2D eigenvalue weighted by Gasteiger charge is 2.19. The lowest BCUT2D eigenvalue weighted by molar-refractivity contribution is -0.167. The zero-order valence-corrected chi connectivity index (χ0v) is 46.7. The largest absolute Gasteiger partial charge is 0.462 e. The molecule has 0 heterocycles. The van der Waals surface area contributed by atoms with Gasteiger partial charge in [-0.15, -0.1) is 0 Å². The lowest BCUT2D eigenvalue weighted by Gasteiger charge is -2.18. The maximum atomic E-state index is 12.9. The van der Waals surface area contributed by atoms with Gasteiger partial charge in [0, 0.05) is 19.3 Å². The Kier molecular flexibility index (Phi) is 56.3. The van der Waals surface area contributed by atoms with Crippen LogP contribution in [0.3, 0.4) is 0 Å². The summed E-state index contributed by atoms with van der Waals surface area (Å²) in [5.74, 6) is -0.909. The fourth-order valence-corrected chi connectivity index (χ4v) is 8.37. The van der Waals surface area contributed by atoms with E-state index in [4.69, 9.17) is 14.2 Å².